The summed E-state index contributed by atoms with van der Waals surface area (Å²) in [6.45, 7) is 1.95. The van der Waals surface area contributed by atoms with Gasteiger partial charge in [0.05, 0.1) is 19.3 Å². The van der Waals surface area contributed by atoms with Crippen LogP contribution < -0.4 is 10.1 Å². The normalized spacial score (nSPS) is 20.0. The number of nitrogens with zero attached hydrogens (tertiary/aromatic N) is 1. The molecule has 2 atom stereocenters. The predicted molar refractivity (Wildman–Crippen MR) is 123 cm³/mol. The molecule has 4 rings (SSSR count). The number of hydrogen-bond donors (Lipinski definition) is 1. The number of carbonyl (C=O) groups excluding carboxylic acids is 2. The Bertz CT molecular complexity index is 1110. The number of ketones is 1. The highest BCUT2D eigenvalue weighted by Gasteiger charge is 2.40. The Morgan fingerprint density at radius 1 is 1.31 bits per heavy atom. The van der Waals surface area contributed by atoms with Gasteiger partial charge in [-0.1, -0.05) is 12.1 Å². The van der Waals surface area contributed by atoms with E-state index in [4.69, 9.17) is 9.47 Å². The molecule has 2 aromatic rings. The van der Waals surface area contributed by atoms with E-state index in [-0.39, 0.29) is 18.3 Å². The SMILES string of the molecule is CCOC(=O)[C@H]1C(=O)C=C(Nc2sc3c(c2C#N)CCCC3)C[C@@H]1c1cccc(OC)c1. The van der Waals surface area contributed by atoms with Crippen molar-refractivity contribution in [1.29, 1.82) is 5.26 Å². The van der Waals surface area contributed by atoms with Crippen LogP contribution in [0.3, 0.4) is 0 Å². The Hall–Kier alpha value is -3.11. The first-order chi connectivity index (χ1) is 15.5. The van der Waals surface area contributed by atoms with Crippen LogP contribution in [0.1, 0.15) is 53.7 Å². The van der Waals surface area contributed by atoms with Gasteiger partial charge in [0.2, 0.25) is 0 Å². The van der Waals surface area contributed by atoms with Gasteiger partial charge in [0.25, 0.3) is 0 Å². The Morgan fingerprint density at radius 3 is 2.88 bits per heavy atom. The van der Waals surface area contributed by atoms with Crippen molar-refractivity contribution in [2.75, 3.05) is 19.0 Å². The molecule has 0 bridgehead atoms. The summed E-state index contributed by atoms with van der Waals surface area (Å²) in [7, 11) is 1.59. The zero-order chi connectivity index (χ0) is 22.7. The number of nitriles is 1. The second-order valence-corrected chi connectivity index (χ2v) is 9.15. The maximum Gasteiger partial charge on any atom is 0.317 e. The van der Waals surface area contributed by atoms with E-state index in [2.05, 4.69) is 11.4 Å². The standard InChI is InChI=1S/C25H26N2O4S/c1-3-31-25(29)23-19(15-7-6-8-17(11-15)30-2)12-16(13-21(23)28)27-24-20(14-26)18-9-4-5-10-22(18)32-24/h6-8,11,13,19,23,27H,3-5,9-10,12H2,1-2H3/t19-,23-/m1/s1. The lowest BCUT2D eigenvalue weighted by Gasteiger charge is -2.29. The van der Waals surface area contributed by atoms with Gasteiger partial charge in [0.1, 0.15) is 22.7 Å². The molecule has 0 radical (unpaired) electrons. The first kappa shape index (κ1) is 22.1. The highest BCUT2D eigenvalue weighted by molar-refractivity contribution is 7.16. The van der Waals surface area contributed by atoms with Crippen LogP contribution in [0.25, 0.3) is 0 Å². The molecule has 0 spiro atoms. The van der Waals surface area contributed by atoms with Crippen LogP contribution in [0.5, 0.6) is 5.75 Å². The van der Waals surface area contributed by atoms with Crippen molar-refractivity contribution in [1.82, 2.24) is 0 Å². The molecule has 6 nitrogen and oxygen atoms in total. The molecule has 7 heteroatoms. The number of rotatable bonds is 6. The van der Waals surface area contributed by atoms with Crippen LogP contribution in [-0.4, -0.2) is 25.5 Å². The second kappa shape index (κ2) is 9.58. The van der Waals surface area contributed by atoms with E-state index in [1.807, 2.05) is 24.3 Å². The molecule has 2 aliphatic carbocycles. The van der Waals surface area contributed by atoms with Gasteiger partial charge >= 0.3 is 5.97 Å². The lowest BCUT2D eigenvalue weighted by molar-refractivity contribution is -0.151. The first-order valence-corrected chi connectivity index (χ1v) is 11.7. The summed E-state index contributed by atoms with van der Waals surface area (Å²) in [6, 6.07) is 9.80. The number of fused-ring (bicyclic) bond motifs is 1. The summed E-state index contributed by atoms with van der Waals surface area (Å²) >= 11 is 1.60. The number of nitrogens with one attached hydrogen (secondary N) is 1. The smallest absolute Gasteiger partial charge is 0.317 e. The minimum absolute atomic E-state index is 0.217. The Labute approximate surface area is 191 Å². The average Bonchev–Trinajstić information content (AvgIpc) is 3.15. The average molecular weight is 451 g/mol. The molecule has 0 unspecified atom stereocenters. The molecule has 0 aliphatic heterocycles. The number of anilines is 1. The lowest BCUT2D eigenvalue weighted by Crippen LogP contribution is -2.35. The monoisotopic (exact) mass is 450 g/mol. The van der Waals surface area contributed by atoms with E-state index in [0.29, 0.717) is 23.4 Å². The number of hydrogen-bond acceptors (Lipinski definition) is 7. The first-order valence-electron chi connectivity index (χ1n) is 10.9. The van der Waals surface area contributed by atoms with Crippen LogP contribution in [-0.2, 0) is 27.2 Å². The highest BCUT2D eigenvalue weighted by Crippen LogP contribution is 2.42. The summed E-state index contributed by atoms with van der Waals surface area (Å²) in [5, 5.41) is 13.9. The molecule has 166 valence electrons. The molecule has 0 saturated heterocycles. The molecule has 1 heterocycles. The molecule has 1 aromatic carbocycles. The van der Waals surface area contributed by atoms with Crippen LogP contribution in [0.4, 0.5) is 5.00 Å². The van der Waals surface area contributed by atoms with Gasteiger partial charge in [0, 0.05) is 22.6 Å². The lowest BCUT2D eigenvalue weighted by atomic mass is 9.76. The van der Waals surface area contributed by atoms with Crippen molar-refractivity contribution in [3.8, 4) is 11.8 Å². The minimum atomic E-state index is -0.903. The van der Waals surface area contributed by atoms with E-state index in [1.54, 1.807) is 25.4 Å². The number of carbonyl (C=O) groups is 2. The summed E-state index contributed by atoms with van der Waals surface area (Å²) in [6.07, 6.45) is 6.10. The molecular formula is C25H26N2O4S. The third-order valence-corrected chi connectivity index (χ3v) is 7.29. The van der Waals surface area contributed by atoms with Gasteiger partial charge in [-0.05, 0) is 62.3 Å². The van der Waals surface area contributed by atoms with Gasteiger partial charge in [-0.2, -0.15) is 5.26 Å². The van der Waals surface area contributed by atoms with Crippen molar-refractivity contribution in [2.24, 2.45) is 5.92 Å². The Balaban J connectivity index is 1.68. The van der Waals surface area contributed by atoms with E-state index >= 15 is 0 Å². The summed E-state index contributed by atoms with van der Waals surface area (Å²) in [4.78, 5) is 27.0. The number of ether oxygens (including phenoxy) is 2. The van der Waals surface area contributed by atoms with E-state index < -0.39 is 11.9 Å². The molecule has 1 N–H and O–H groups in total. The highest BCUT2D eigenvalue weighted by atomic mass is 32.1. The van der Waals surface area contributed by atoms with Gasteiger partial charge in [0.15, 0.2) is 5.78 Å². The minimum Gasteiger partial charge on any atom is -0.497 e. The molecule has 1 aromatic heterocycles. The second-order valence-electron chi connectivity index (χ2n) is 8.04. The third kappa shape index (κ3) is 4.28. The summed E-state index contributed by atoms with van der Waals surface area (Å²) < 4.78 is 10.6. The fourth-order valence-corrected chi connectivity index (χ4v) is 5.85. The fourth-order valence-electron chi connectivity index (χ4n) is 4.57. The van der Waals surface area contributed by atoms with Crippen molar-refractivity contribution in [3.05, 3.63) is 57.6 Å². The number of allylic oxidation sites excluding steroid dienone is 2. The van der Waals surface area contributed by atoms with Crippen molar-refractivity contribution in [2.45, 2.75) is 44.9 Å². The number of aryl methyl sites for hydroxylation is 1. The van der Waals surface area contributed by atoms with Gasteiger partial charge < -0.3 is 14.8 Å². The van der Waals surface area contributed by atoms with Crippen molar-refractivity contribution >= 4 is 28.1 Å². The van der Waals surface area contributed by atoms with E-state index in [0.717, 1.165) is 41.8 Å². The largest absolute Gasteiger partial charge is 0.497 e. The molecule has 0 fully saturated rings. The number of thiophene rings is 1. The molecule has 32 heavy (non-hydrogen) atoms. The van der Waals surface area contributed by atoms with Gasteiger partial charge in [-0.15, -0.1) is 11.3 Å². The maximum atomic E-state index is 13.1. The maximum absolute atomic E-state index is 13.1. The predicted octanol–water partition coefficient (Wildman–Crippen LogP) is 4.74. The summed E-state index contributed by atoms with van der Waals surface area (Å²) in [5.41, 5.74) is 3.37. The summed E-state index contributed by atoms with van der Waals surface area (Å²) in [5.74, 6) is -1.42. The number of benzene rings is 1. The van der Waals surface area contributed by atoms with Crippen LogP contribution in [0.15, 0.2) is 36.0 Å². The third-order valence-electron chi connectivity index (χ3n) is 6.08. The fraction of sp³-hybridized carbons (Fsp3) is 0.400. The Kier molecular flexibility index (Phi) is 6.61. The van der Waals surface area contributed by atoms with Crippen molar-refractivity contribution < 1.29 is 19.1 Å². The quantitative estimate of drug-likeness (QED) is 0.505. The van der Waals surface area contributed by atoms with E-state index in [9.17, 15) is 14.9 Å². The topological polar surface area (TPSA) is 88.4 Å². The molecule has 0 amide bonds. The zero-order valence-electron chi connectivity index (χ0n) is 18.3. The van der Waals surface area contributed by atoms with Gasteiger partial charge in [-0.25, -0.2) is 0 Å². The molecular weight excluding hydrogens is 424 g/mol. The van der Waals surface area contributed by atoms with Crippen LogP contribution in [0, 0.1) is 17.2 Å². The van der Waals surface area contributed by atoms with Gasteiger partial charge in [-0.3, -0.25) is 9.59 Å². The number of methoxy groups -OCH3 is 1. The van der Waals surface area contributed by atoms with Crippen LogP contribution in [0.2, 0.25) is 0 Å². The van der Waals surface area contributed by atoms with Crippen molar-refractivity contribution in [3.63, 3.8) is 0 Å². The van der Waals surface area contributed by atoms with E-state index in [1.165, 1.54) is 11.0 Å². The molecule has 2 aliphatic rings. The number of esters is 1. The van der Waals surface area contributed by atoms with Crippen LogP contribution >= 0.6 is 11.3 Å². The Morgan fingerprint density at radius 2 is 2.12 bits per heavy atom. The molecule has 0 saturated carbocycles. The zero-order valence-corrected chi connectivity index (χ0v) is 19.1.